The van der Waals surface area contributed by atoms with Crippen LogP contribution in [0.5, 0.6) is 11.5 Å². The van der Waals surface area contributed by atoms with Crippen molar-refractivity contribution in [2.45, 2.75) is 39.0 Å². The van der Waals surface area contributed by atoms with Crippen LogP contribution < -0.4 is 4.74 Å². The first-order chi connectivity index (χ1) is 11.9. The van der Waals surface area contributed by atoms with E-state index in [1.807, 2.05) is 36.4 Å². The molecule has 2 heterocycles. The number of fused-ring (bicyclic) bond motifs is 2. The van der Waals surface area contributed by atoms with Gasteiger partial charge in [-0.3, -0.25) is 0 Å². The van der Waals surface area contributed by atoms with Crippen molar-refractivity contribution in [1.29, 1.82) is 0 Å². The Balaban J connectivity index is 0.000000150. The summed E-state index contributed by atoms with van der Waals surface area (Å²) in [6, 6.07) is 20.4. The lowest BCUT2D eigenvalue weighted by Gasteiger charge is -2.19. The van der Waals surface area contributed by atoms with Gasteiger partial charge in [0.1, 0.15) is 17.3 Å². The molecule has 0 spiro atoms. The predicted octanol–water partition coefficient (Wildman–Crippen LogP) is 6.40. The van der Waals surface area contributed by atoms with Crippen LogP contribution in [-0.4, -0.2) is 0 Å². The molecule has 0 saturated heterocycles. The monoisotopic (exact) mass is 320 g/mol. The van der Waals surface area contributed by atoms with Gasteiger partial charge < -0.3 is 9.15 Å². The van der Waals surface area contributed by atoms with E-state index >= 15 is 0 Å². The van der Waals surface area contributed by atoms with Crippen LogP contribution >= 0.6 is 0 Å². The Bertz CT molecular complexity index is 657. The van der Waals surface area contributed by atoms with Crippen LogP contribution in [-0.2, 0) is 12.8 Å². The molecule has 0 saturated carbocycles. The molecule has 0 amide bonds. The molecule has 0 unspecified atom stereocenters. The van der Waals surface area contributed by atoms with Crippen molar-refractivity contribution in [1.82, 2.24) is 0 Å². The zero-order valence-corrected chi connectivity index (χ0v) is 14.2. The molecule has 0 N–H and O–H groups in total. The lowest BCUT2D eigenvalue weighted by Crippen LogP contribution is -2.01. The van der Waals surface area contributed by atoms with E-state index < -0.39 is 0 Å². The molecule has 0 fully saturated rings. The van der Waals surface area contributed by atoms with Crippen LogP contribution in [0.1, 0.15) is 43.1 Å². The van der Waals surface area contributed by atoms with Gasteiger partial charge in [0.25, 0.3) is 0 Å². The summed E-state index contributed by atoms with van der Waals surface area (Å²) < 4.78 is 11.0. The standard InChI is InChI=1S/C13H10O.C9H14O/c1-3-7-12-10(5-1)9-11-6-2-4-8-13(11)14-12;1-2-3-4-6-9-7-5-8-10-9/h1-8H,9H2;5,7-8H,2-4,6H2,1H3. The molecule has 1 aromatic heterocycles. The van der Waals surface area contributed by atoms with Gasteiger partial charge in [-0.15, -0.1) is 0 Å². The van der Waals surface area contributed by atoms with Gasteiger partial charge in [-0.25, -0.2) is 0 Å². The third-order valence-electron chi connectivity index (χ3n) is 4.15. The van der Waals surface area contributed by atoms with Gasteiger partial charge in [-0.2, -0.15) is 0 Å². The van der Waals surface area contributed by atoms with E-state index in [0.29, 0.717) is 0 Å². The molecular weight excluding hydrogens is 296 g/mol. The third kappa shape index (κ3) is 4.29. The van der Waals surface area contributed by atoms with E-state index in [9.17, 15) is 0 Å². The van der Waals surface area contributed by atoms with E-state index in [4.69, 9.17) is 9.15 Å². The molecular formula is C22H24O2. The van der Waals surface area contributed by atoms with E-state index in [1.165, 1.54) is 30.4 Å². The molecule has 1 aliphatic heterocycles. The van der Waals surface area contributed by atoms with E-state index in [2.05, 4.69) is 31.2 Å². The van der Waals surface area contributed by atoms with E-state index in [0.717, 1.165) is 30.1 Å². The molecule has 0 bridgehead atoms. The van der Waals surface area contributed by atoms with Crippen LogP contribution in [0.3, 0.4) is 0 Å². The number of hydrogen-bond donors (Lipinski definition) is 0. The molecule has 3 aromatic rings. The number of aryl methyl sites for hydroxylation is 1. The number of unbranched alkanes of at least 4 members (excludes halogenated alkanes) is 2. The molecule has 2 heteroatoms. The normalized spacial score (nSPS) is 11.5. The fourth-order valence-electron chi connectivity index (χ4n) is 2.83. The highest BCUT2D eigenvalue weighted by Crippen LogP contribution is 2.35. The molecule has 4 rings (SSSR count). The Kier molecular flexibility index (Phi) is 5.73. The summed E-state index contributed by atoms with van der Waals surface area (Å²) in [4.78, 5) is 0. The zero-order valence-electron chi connectivity index (χ0n) is 14.2. The molecule has 24 heavy (non-hydrogen) atoms. The number of ether oxygens (including phenoxy) is 1. The maximum atomic E-state index is 5.78. The second kappa shape index (κ2) is 8.39. The van der Waals surface area contributed by atoms with Gasteiger partial charge in [-0.05, 0) is 41.8 Å². The zero-order chi connectivity index (χ0) is 16.6. The second-order valence-electron chi connectivity index (χ2n) is 6.03. The third-order valence-corrected chi connectivity index (χ3v) is 4.15. The first-order valence-corrected chi connectivity index (χ1v) is 8.73. The second-order valence-corrected chi connectivity index (χ2v) is 6.03. The molecule has 1 aliphatic rings. The van der Waals surface area contributed by atoms with Gasteiger partial charge in [0.05, 0.1) is 6.26 Å². The fourth-order valence-corrected chi connectivity index (χ4v) is 2.83. The largest absolute Gasteiger partial charge is 0.469 e. The topological polar surface area (TPSA) is 22.4 Å². The average Bonchev–Trinajstić information content (AvgIpc) is 3.14. The van der Waals surface area contributed by atoms with Crippen molar-refractivity contribution < 1.29 is 9.15 Å². The Hall–Kier alpha value is -2.48. The minimum atomic E-state index is 0.979. The summed E-state index contributed by atoms with van der Waals surface area (Å²) in [6.07, 6.45) is 7.65. The van der Waals surface area contributed by atoms with Crippen molar-refractivity contribution >= 4 is 0 Å². The number of para-hydroxylation sites is 2. The summed E-state index contributed by atoms with van der Waals surface area (Å²) in [5.41, 5.74) is 2.54. The van der Waals surface area contributed by atoms with Crippen LogP contribution in [0.25, 0.3) is 0 Å². The van der Waals surface area contributed by atoms with E-state index in [-0.39, 0.29) is 0 Å². The van der Waals surface area contributed by atoms with Crippen molar-refractivity contribution in [3.63, 3.8) is 0 Å². The lowest BCUT2D eigenvalue weighted by molar-refractivity contribution is 0.460. The summed E-state index contributed by atoms with van der Waals surface area (Å²) in [5, 5.41) is 0. The van der Waals surface area contributed by atoms with Crippen molar-refractivity contribution in [2.75, 3.05) is 0 Å². The van der Waals surface area contributed by atoms with Crippen LogP contribution in [0.15, 0.2) is 71.3 Å². The quantitative estimate of drug-likeness (QED) is 0.406. The molecule has 2 aromatic carbocycles. The predicted molar refractivity (Wildman–Crippen MR) is 97.7 cm³/mol. The minimum Gasteiger partial charge on any atom is -0.469 e. The van der Waals surface area contributed by atoms with Crippen molar-refractivity contribution in [2.24, 2.45) is 0 Å². The lowest BCUT2D eigenvalue weighted by atomic mass is 10.0. The highest BCUT2D eigenvalue weighted by Gasteiger charge is 2.14. The van der Waals surface area contributed by atoms with Gasteiger partial charge in [0, 0.05) is 12.8 Å². The van der Waals surface area contributed by atoms with Crippen molar-refractivity contribution in [3.8, 4) is 11.5 Å². The molecule has 0 atom stereocenters. The smallest absolute Gasteiger partial charge is 0.130 e. The SMILES string of the molecule is CCCCCc1ccco1.c1ccc2c(c1)Cc1ccccc1O2. The Labute approximate surface area is 144 Å². The highest BCUT2D eigenvalue weighted by molar-refractivity contribution is 5.49. The number of benzene rings is 2. The summed E-state index contributed by atoms with van der Waals surface area (Å²) in [7, 11) is 0. The maximum Gasteiger partial charge on any atom is 0.130 e. The van der Waals surface area contributed by atoms with Gasteiger partial charge in [-0.1, -0.05) is 56.2 Å². The maximum absolute atomic E-state index is 5.78. The van der Waals surface area contributed by atoms with Crippen LogP contribution in [0, 0.1) is 0 Å². The number of rotatable bonds is 4. The van der Waals surface area contributed by atoms with Crippen LogP contribution in [0.4, 0.5) is 0 Å². The van der Waals surface area contributed by atoms with Crippen molar-refractivity contribution in [3.05, 3.63) is 83.8 Å². The Morgan fingerprint density at radius 1 is 0.792 bits per heavy atom. The van der Waals surface area contributed by atoms with Gasteiger partial charge in [0.15, 0.2) is 0 Å². The Morgan fingerprint density at radius 2 is 1.46 bits per heavy atom. The first-order valence-electron chi connectivity index (χ1n) is 8.73. The molecule has 0 radical (unpaired) electrons. The first kappa shape index (κ1) is 16.4. The summed E-state index contributed by atoms with van der Waals surface area (Å²) in [5.74, 6) is 3.10. The summed E-state index contributed by atoms with van der Waals surface area (Å²) >= 11 is 0. The van der Waals surface area contributed by atoms with Crippen LogP contribution in [0.2, 0.25) is 0 Å². The molecule has 2 nitrogen and oxygen atoms in total. The Morgan fingerprint density at radius 3 is 2.04 bits per heavy atom. The summed E-state index contributed by atoms with van der Waals surface area (Å²) in [6.45, 7) is 2.21. The number of hydrogen-bond acceptors (Lipinski definition) is 2. The van der Waals surface area contributed by atoms with Gasteiger partial charge >= 0.3 is 0 Å². The van der Waals surface area contributed by atoms with E-state index in [1.54, 1.807) is 6.26 Å². The molecule has 0 aliphatic carbocycles. The minimum absolute atomic E-state index is 0.979. The fraction of sp³-hybridized carbons (Fsp3) is 0.273. The average molecular weight is 320 g/mol. The van der Waals surface area contributed by atoms with Gasteiger partial charge in [0.2, 0.25) is 0 Å². The molecule has 124 valence electrons. The number of furan rings is 1. The highest BCUT2D eigenvalue weighted by atomic mass is 16.5.